The van der Waals surface area contributed by atoms with E-state index in [4.69, 9.17) is 23.2 Å². The molecule has 6 heteroatoms. The molecule has 0 saturated heterocycles. The van der Waals surface area contributed by atoms with E-state index in [2.05, 4.69) is 10.3 Å². The van der Waals surface area contributed by atoms with Gasteiger partial charge in [0.05, 0.1) is 16.3 Å². The number of rotatable bonds is 6. The van der Waals surface area contributed by atoms with E-state index >= 15 is 0 Å². The number of halogens is 2. The average Bonchev–Trinajstić information content (AvgIpc) is 2.61. The molecule has 0 fully saturated rings. The van der Waals surface area contributed by atoms with Gasteiger partial charge in [0.25, 0.3) is 5.91 Å². The van der Waals surface area contributed by atoms with Gasteiger partial charge in [0.15, 0.2) is 0 Å². The fourth-order valence-corrected chi connectivity index (χ4v) is 2.38. The molecule has 2 aromatic rings. The predicted octanol–water partition coefficient (Wildman–Crippen LogP) is 5.19. The second-order valence-electron chi connectivity index (χ2n) is 5.23. The minimum atomic E-state index is -0.419. The van der Waals surface area contributed by atoms with Crippen molar-refractivity contribution in [2.75, 3.05) is 6.54 Å². The molecule has 1 amide bonds. The molecule has 0 bridgehead atoms. The lowest BCUT2D eigenvalue weighted by molar-refractivity contribution is -0.116. The van der Waals surface area contributed by atoms with E-state index in [0.717, 1.165) is 6.42 Å². The SMILES string of the molecule is CCCNC(=O)/C(C=Nc1ccc(Cl)cc1)=C(/O)c1ccccc1Cl. The first-order valence-corrected chi connectivity index (χ1v) is 8.54. The normalized spacial score (nSPS) is 12.1. The number of nitrogens with zero attached hydrogens (tertiary/aromatic N) is 1. The molecule has 0 heterocycles. The van der Waals surface area contributed by atoms with Crippen molar-refractivity contribution >= 4 is 46.8 Å². The summed E-state index contributed by atoms with van der Waals surface area (Å²) in [7, 11) is 0. The zero-order chi connectivity index (χ0) is 18.2. The second kappa shape index (κ2) is 9.25. The number of carbonyl (C=O) groups excluding carboxylic acids is 1. The van der Waals surface area contributed by atoms with Crippen LogP contribution in [0.3, 0.4) is 0 Å². The van der Waals surface area contributed by atoms with E-state index in [1.165, 1.54) is 6.21 Å². The number of amides is 1. The second-order valence-corrected chi connectivity index (χ2v) is 6.08. The molecule has 2 aromatic carbocycles. The monoisotopic (exact) mass is 376 g/mol. The number of aliphatic imine (C=N–C) groups is 1. The Labute approximate surface area is 156 Å². The molecule has 0 saturated carbocycles. The van der Waals surface area contributed by atoms with Gasteiger partial charge in [-0.3, -0.25) is 9.79 Å². The van der Waals surface area contributed by atoms with Crippen LogP contribution in [0.4, 0.5) is 5.69 Å². The molecule has 0 spiro atoms. The fourth-order valence-electron chi connectivity index (χ4n) is 2.03. The Morgan fingerprint density at radius 3 is 2.48 bits per heavy atom. The molecule has 25 heavy (non-hydrogen) atoms. The van der Waals surface area contributed by atoms with Crippen LogP contribution in [0.25, 0.3) is 5.76 Å². The van der Waals surface area contributed by atoms with E-state index < -0.39 is 5.91 Å². The summed E-state index contributed by atoms with van der Waals surface area (Å²) in [5.41, 5.74) is 1.02. The quantitative estimate of drug-likeness (QED) is 0.413. The molecule has 0 aromatic heterocycles. The van der Waals surface area contributed by atoms with Gasteiger partial charge >= 0.3 is 0 Å². The van der Waals surface area contributed by atoms with E-state index in [1.807, 2.05) is 6.92 Å². The highest BCUT2D eigenvalue weighted by atomic mass is 35.5. The lowest BCUT2D eigenvalue weighted by Crippen LogP contribution is -2.27. The molecule has 4 nitrogen and oxygen atoms in total. The summed E-state index contributed by atoms with van der Waals surface area (Å²) in [4.78, 5) is 16.7. The first kappa shape index (κ1) is 19.0. The van der Waals surface area contributed by atoms with Crippen molar-refractivity contribution in [1.29, 1.82) is 0 Å². The van der Waals surface area contributed by atoms with Crippen LogP contribution in [0.1, 0.15) is 18.9 Å². The molecular weight excluding hydrogens is 359 g/mol. The van der Waals surface area contributed by atoms with Crippen LogP contribution in [0.5, 0.6) is 0 Å². The molecule has 0 radical (unpaired) electrons. The third-order valence-electron chi connectivity index (χ3n) is 3.33. The minimum absolute atomic E-state index is 0.0384. The van der Waals surface area contributed by atoms with E-state index in [-0.39, 0.29) is 11.3 Å². The number of hydrogen-bond acceptors (Lipinski definition) is 3. The Balaban J connectivity index is 2.42. The van der Waals surface area contributed by atoms with Crippen LogP contribution in [-0.2, 0) is 4.79 Å². The van der Waals surface area contributed by atoms with Crippen LogP contribution in [0.15, 0.2) is 59.1 Å². The summed E-state index contributed by atoms with van der Waals surface area (Å²) in [6.45, 7) is 2.44. The standard InChI is InChI=1S/C19H18Cl2N2O2/c1-2-11-22-19(25)16(12-23-14-9-7-13(20)8-10-14)18(24)15-5-3-4-6-17(15)21/h3-10,12,24H,2,11H2,1H3,(H,22,25)/b18-16+,23-12?. The van der Waals surface area contributed by atoms with Gasteiger partial charge < -0.3 is 10.4 Å². The number of nitrogens with one attached hydrogen (secondary N) is 1. The number of aliphatic hydroxyl groups excluding tert-OH is 1. The Bertz CT molecular complexity index is 799. The largest absolute Gasteiger partial charge is 0.506 e. The molecule has 0 aliphatic carbocycles. The van der Waals surface area contributed by atoms with Crippen LogP contribution in [0, 0.1) is 0 Å². The highest BCUT2D eigenvalue weighted by molar-refractivity contribution is 6.33. The third-order valence-corrected chi connectivity index (χ3v) is 3.92. The highest BCUT2D eigenvalue weighted by Crippen LogP contribution is 2.24. The molecule has 0 unspecified atom stereocenters. The zero-order valence-corrected chi connectivity index (χ0v) is 15.2. The summed E-state index contributed by atoms with van der Waals surface area (Å²) >= 11 is 12.0. The number of hydrogen-bond donors (Lipinski definition) is 2. The van der Waals surface area contributed by atoms with E-state index in [9.17, 15) is 9.90 Å². The van der Waals surface area contributed by atoms with Gasteiger partial charge in [-0.1, -0.05) is 42.3 Å². The van der Waals surface area contributed by atoms with Crippen molar-refractivity contribution in [2.45, 2.75) is 13.3 Å². The molecule has 0 atom stereocenters. The van der Waals surface area contributed by atoms with Crippen molar-refractivity contribution in [3.8, 4) is 0 Å². The van der Waals surface area contributed by atoms with E-state index in [1.54, 1.807) is 48.5 Å². The van der Waals surface area contributed by atoms with Gasteiger partial charge in [-0.15, -0.1) is 0 Å². The molecule has 2 N–H and O–H groups in total. The molecule has 0 aliphatic heterocycles. The van der Waals surface area contributed by atoms with Crippen LogP contribution < -0.4 is 5.32 Å². The first-order valence-electron chi connectivity index (χ1n) is 7.79. The summed E-state index contributed by atoms with van der Waals surface area (Å²) < 4.78 is 0. The Morgan fingerprint density at radius 2 is 1.84 bits per heavy atom. The number of aliphatic hydroxyl groups is 1. The summed E-state index contributed by atoms with van der Waals surface area (Å²) in [6, 6.07) is 13.6. The summed E-state index contributed by atoms with van der Waals surface area (Å²) in [5, 5.41) is 14.3. The predicted molar refractivity (Wildman–Crippen MR) is 104 cm³/mol. The molecule has 130 valence electrons. The van der Waals surface area contributed by atoms with E-state index in [0.29, 0.717) is 27.8 Å². The smallest absolute Gasteiger partial charge is 0.256 e. The molecular formula is C19H18Cl2N2O2. The van der Waals surface area contributed by atoms with Crippen molar-refractivity contribution in [3.05, 3.63) is 69.7 Å². The number of carbonyl (C=O) groups is 1. The fraction of sp³-hybridized carbons (Fsp3) is 0.158. The van der Waals surface area contributed by atoms with Gasteiger partial charge in [0, 0.05) is 23.3 Å². The van der Waals surface area contributed by atoms with Crippen molar-refractivity contribution in [2.24, 2.45) is 4.99 Å². The van der Waals surface area contributed by atoms with Crippen LogP contribution in [0.2, 0.25) is 10.0 Å². The Morgan fingerprint density at radius 1 is 1.16 bits per heavy atom. The summed E-state index contributed by atoms with van der Waals surface area (Å²) in [6.07, 6.45) is 2.10. The van der Waals surface area contributed by atoms with Crippen molar-refractivity contribution < 1.29 is 9.90 Å². The topological polar surface area (TPSA) is 61.7 Å². The maximum Gasteiger partial charge on any atom is 0.256 e. The van der Waals surface area contributed by atoms with Crippen LogP contribution in [-0.4, -0.2) is 23.8 Å². The average molecular weight is 377 g/mol. The van der Waals surface area contributed by atoms with Gasteiger partial charge in [-0.2, -0.15) is 0 Å². The zero-order valence-electron chi connectivity index (χ0n) is 13.7. The Kier molecular flexibility index (Phi) is 7.04. The third kappa shape index (κ3) is 5.34. The first-order chi connectivity index (χ1) is 12.0. The maximum absolute atomic E-state index is 12.4. The van der Waals surface area contributed by atoms with Gasteiger partial charge in [-0.25, -0.2) is 0 Å². The lowest BCUT2D eigenvalue weighted by Gasteiger charge is -2.09. The molecule has 2 rings (SSSR count). The van der Waals surface area contributed by atoms with Crippen LogP contribution >= 0.6 is 23.2 Å². The van der Waals surface area contributed by atoms with Gasteiger partial charge in [0.1, 0.15) is 5.76 Å². The molecule has 0 aliphatic rings. The lowest BCUT2D eigenvalue weighted by atomic mass is 10.1. The Hall–Kier alpha value is -2.30. The highest BCUT2D eigenvalue weighted by Gasteiger charge is 2.16. The maximum atomic E-state index is 12.4. The van der Waals surface area contributed by atoms with Crippen molar-refractivity contribution in [3.63, 3.8) is 0 Å². The van der Waals surface area contributed by atoms with Crippen molar-refractivity contribution in [1.82, 2.24) is 5.32 Å². The number of benzene rings is 2. The van der Waals surface area contributed by atoms with Gasteiger partial charge in [0.2, 0.25) is 0 Å². The van der Waals surface area contributed by atoms with Gasteiger partial charge in [-0.05, 0) is 42.8 Å². The summed E-state index contributed by atoms with van der Waals surface area (Å²) in [5.74, 6) is -0.645. The minimum Gasteiger partial charge on any atom is -0.506 e.